The van der Waals surface area contributed by atoms with E-state index in [0.717, 1.165) is 24.9 Å². The first-order valence-electron chi connectivity index (χ1n) is 6.81. The molecule has 0 bridgehead atoms. The van der Waals surface area contributed by atoms with Crippen molar-refractivity contribution in [2.24, 2.45) is 0 Å². The van der Waals surface area contributed by atoms with Crippen molar-refractivity contribution >= 4 is 10.0 Å². The van der Waals surface area contributed by atoms with E-state index in [1.807, 2.05) is 6.07 Å². The van der Waals surface area contributed by atoms with Gasteiger partial charge in [-0.3, -0.25) is 4.90 Å². The van der Waals surface area contributed by atoms with Crippen molar-refractivity contribution in [3.8, 4) is 0 Å². The molecular formula is C14H22N2O3S. The second kappa shape index (κ2) is 6.22. The number of hydrogen-bond acceptors (Lipinski definition) is 4. The summed E-state index contributed by atoms with van der Waals surface area (Å²) < 4.78 is 25.4. The summed E-state index contributed by atoms with van der Waals surface area (Å²) in [5, 5.41) is 9.33. The third-order valence-electron chi connectivity index (χ3n) is 3.77. The van der Waals surface area contributed by atoms with Crippen LogP contribution in [0.1, 0.15) is 18.4 Å². The van der Waals surface area contributed by atoms with Gasteiger partial charge in [-0.25, -0.2) is 12.7 Å². The zero-order valence-corrected chi connectivity index (χ0v) is 12.8. The predicted octanol–water partition coefficient (Wildman–Crippen LogP) is 0.894. The first-order chi connectivity index (χ1) is 9.45. The average molecular weight is 298 g/mol. The van der Waals surface area contributed by atoms with E-state index >= 15 is 0 Å². The van der Waals surface area contributed by atoms with Gasteiger partial charge in [0, 0.05) is 26.7 Å². The SMILES string of the molecule is CN(C)S(=O)(=O)c1cccc(CN2CCC[C@H]2CO)c1. The summed E-state index contributed by atoms with van der Waals surface area (Å²) >= 11 is 0. The molecule has 0 unspecified atom stereocenters. The van der Waals surface area contributed by atoms with Gasteiger partial charge in [0.2, 0.25) is 10.0 Å². The molecule has 1 aliphatic heterocycles. The molecule has 1 atom stereocenters. The summed E-state index contributed by atoms with van der Waals surface area (Å²) in [6.07, 6.45) is 2.09. The summed E-state index contributed by atoms with van der Waals surface area (Å²) in [5.41, 5.74) is 0.966. The van der Waals surface area contributed by atoms with E-state index in [0.29, 0.717) is 11.4 Å². The quantitative estimate of drug-likeness (QED) is 0.877. The summed E-state index contributed by atoms with van der Waals surface area (Å²) in [5.74, 6) is 0. The molecule has 0 saturated carbocycles. The first kappa shape index (κ1) is 15.4. The Morgan fingerprint density at radius 1 is 1.40 bits per heavy atom. The fourth-order valence-electron chi connectivity index (χ4n) is 2.56. The van der Waals surface area contributed by atoms with Gasteiger partial charge in [-0.15, -0.1) is 0 Å². The minimum absolute atomic E-state index is 0.162. The largest absolute Gasteiger partial charge is 0.395 e. The van der Waals surface area contributed by atoms with Crippen molar-refractivity contribution in [3.05, 3.63) is 29.8 Å². The van der Waals surface area contributed by atoms with Gasteiger partial charge in [0.15, 0.2) is 0 Å². The molecule has 6 heteroatoms. The Bertz CT molecular complexity index is 557. The van der Waals surface area contributed by atoms with Crippen LogP contribution in [0.2, 0.25) is 0 Å². The normalized spacial score (nSPS) is 20.7. The molecule has 1 N–H and O–H groups in total. The topological polar surface area (TPSA) is 60.9 Å². The van der Waals surface area contributed by atoms with Crippen LogP contribution in [0.15, 0.2) is 29.2 Å². The lowest BCUT2D eigenvalue weighted by Gasteiger charge is -2.23. The van der Waals surface area contributed by atoms with Gasteiger partial charge in [-0.2, -0.15) is 0 Å². The molecule has 1 aromatic carbocycles. The van der Waals surface area contributed by atoms with E-state index in [1.165, 1.54) is 18.4 Å². The van der Waals surface area contributed by atoms with Crippen molar-refractivity contribution in [2.45, 2.75) is 30.3 Å². The highest BCUT2D eigenvalue weighted by Gasteiger charge is 2.24. The fourth-order valence-corrected chi connectivity index (χ4v) is 3.53. The number of aliphatic hydroxyl groups is 1. The van der Waals surface area contributed by atoms with Crippen LogP contribution in [0.3, 0.4) is 0 Å². The van der Waals surface area contributed by atoms with Crippen LogP contribution in [0, 0.1) is 0 Å². The van der Waals surface area contributed by atoms with Crippen molar-refractivity contribution in [3.63, 3.8) is 0 Å². The second-order valence-corrected chi connectivity index (χ2v) is 7.54. The number of aliphatic hydroxyl groups excluding tert-OH is 1. The van der Waals surface area contributed by atoms with E-state index in [4.69, 9.17) is 0 Å². The van der Waals surface area contributed by atoms with Gasteiger partial charge < -0.3 is 5.11 Å². The smallest absolute Gasteiger partial charge is 0.242 e. The lowest BCUT2D eigenvalue weighted by Crippen LogP contribution is -2.31. The number of likely N-dealkylation sites (tertiary alicyclic amines) is 1. The highest BCUT2D eigenvalue weighted by atomic mass is 32.2. The van der Waals surface area contributed by atoms with Crippen LogP contribution >= 0.6 is 0 Å². The van der Waals surface area contributed by atoms with Gasteiger partial charge in [0.25, 0.3) is 0 Å². The molecular weight excluding hydrogens is 276 g/mol. The molecule has 0 aromatic heterocycles. The summed E-state index contributed by atoms with van der Waals surface area (Å²) in [7, 11) is -0.323. The minimum atomic E-state index is -3.39. The molecule has 1 fully saturated rings. The van der Waals surface area contributed by atoms with Crippen molar-refractivity contribution in [2.75, 3.05) is 27.2 Å². The van der Waals surface area contributed by atoms with Crippen LogP contribution in [-0.2, 0) is 16.6 Å². The van der Waals surface area contributed by atoms with E-state index in [-0.39, 0.29) is 12.6 Å². The molecule has 0 aliphatic carbocycles. The second-order valence-electron chi connectivity index (χ2n) is 5.38. The van der Waals surface area contributed by atoms with E-state index in [1.54, 1.807) is 18.2 Å². The molecule has 1 aromatic rings. The monoisotopic (exact) mass is 298 g/mol. The summed E-state index contributed by atoms with van der Waals surface area (Å²) in [6.45, 7) is 1.80. The van der Waals surface area contributed by atoms with Crippen LogP contribution in [0.25, 0.3) is 0 Å². The van der Waals surface area contributed by atoms with Gasteiger partial charge >= 0.3 is 0 Å². The molecule has 1 saturated heterocycles. The Hall–Kier alpha value is -0.950. The number of sulfonamides is 1. The van der Waals surface area contributed by atoms with Crippen molar-refractivity contribution < 1.29 is 13.5 Å². The highest BCUT2D eigenvalue weighted by Crippen LogP contribution is 2.21. The average Bonchev–Trinajstić information content (AvgIpc) is 2.86. The number of nitrogens with zero attached hydrogens (tertiary/aromatic N) is 2. The first-order valence-corrected chi connectivity index (χ1v) is 8.25. The maximum Gasteiger partial charge on any atom is 0.242 e. The van der Waals surface area contributed by atoms with Gasteiger partial charge in [0.05, 0.1) is 11.5 Å². The Labute approximate surface area is 120 Å². The Morgan fingerprint density at radius 3 is 2.80 bits per heavy atom. The molecule has 1 heterocycles. The van der Waals surface area contributed by atoms with Gasteiger partial charge in [-0.1, -0.05) is 12.1 Å². The lowest BCUT2D eigenvalue weighted by molar-refractivity contribution is 0.153. The number of rotatable bonds is 5. The lowest BCUT2D eigenvalue weighted by atomic mass is 10.2. The Morgan fingerprint density at radius 2 is 2.15 bits per heavy atom. The summed E-state index contributed by atoms with van der Waals surface area (Å²) in [4.78, 5) is 2.53. The standard InChI is InChI=1S/C14H22N2O3S/c1-15(2)20(18,19)14-7-3-5-12(9-14)10-16-8-4-6-13(16)11-17/h3,5,7,9,13,17H,4,6,8,10-11H2,1-2H3/t13-/m0/s1. The van der Waals surface area contributed by atoms with Crippen LogP contribution in [0.4, 0.5) is 0 Å². The Balaban J connectivity index is 2.18. The number of hydrogen-bond donors (Lipinski definition) is 1. The van der Waals surface area contributed by atoms with E-state index in [9.17, 15) is 13.5 Å². The minimum Gasteiger partial charge on any atom is -0.395 e. The van der Waals surface area contributed by atoms with Crippen LogP contribution in [0.5, 0.6) is 0 Å². The molecule has 0 spiro atoms. The molecule has 2 rings (SSSR count). The molecule has 1 aliphatic rings. The fraction of sp³-hybridized carbons (Fsp3) is 0.571. The summed E-state index contributed by atoms with van der Waals surface area (Å²) in [6, 6.07) is 7.25. The molecule has 112 valence electrons. The third kappa shape index (κ3) is 3.20. The maximum absolute atomic E-state index is 12.1. The maximum atomic E-state index is 12.1. The highest BCUT2D eigenvalue weighted by molar-refractivity contribution is 7.89. The molecule has 20 heavy (non-hydrogen) atoms. The van der Waals surface area contributed by atoms with Crippen molar-refractivity contribution in [1.29, 1.82) is 0 Å². The zero-order chi connectivity index (χ0) is 14.8. The van der Waals surface area contributed by atoms with Gasteiger partial charge in [-0.05, 0) is 37.1 Å². The van der Waals surface area contributed by atoms with Gasteiger partial charge in [0.1, 0.15) is 0 Å². The third-order valence-corrected chi connectivity index (χ3v) is 5.58. The molecule has 0 radical (unpaired) electrons. The molecule has 5 nitrogen and oxygen atoms in total. The van der Waals surface area contributed by atoms with E-state index in [2.05, 4.69) is 4.90 Å². The van der Waals surface area contributed by atoms with E-state index < -0.39 is 10.0 Å². The predicted molar refractivity (Wildman–Crippen MR) is 77.8 cm³/mol. The number of benzene rings is 1. The Kier molecular flexibility index (Phi) is 4.80. The zero-order valence-electron chi connectivity index (χ0n) is 12.0. The molecule has 0 amide bonds. The van der Waals surface area contributed by atoms with Crippen LogP contribution < -0.4 is 0 Å². The van der Waals surface area contributed by atoms with Crippen molar-refractivity contribution in [1.82, 2.24) is 9.21 Å². The van der Waals surface area contributed by atoms with Crippen LogP contribution in [-0.4, -0.2) is 56.0 Å².